The second kappa shape index (κ2) is 7.27. The largest absolute Gasteiger partial charge is 0.268 e. The molecule has 0 aliphatic heterocycles. The summed E-state index contributed by atoms with van der Waals surface area (Å²) in [5, 5.41) is 14.5. The van der Waals surface area contributed by atoms with Crippen LogP contribution in [-0.2, 0) is 16.2 Å². The number of imidazole rings is 1. The number of benzene rings is 6. The lowest BCUT2D eigenvalue weighted by Crippen LogP contribution is -2.12. The van der Waals surface area contributed by atoms with Gasteiger partial charge in [-0.05, 0) is 111 Å². The standard InChI is InChI=1S/C40H36N2O/c1-38(2,3)20-12-15-28-27(16-20)41-36-34-23-17-25(39(4,5)6)21-13-10-19-11-14-22-26(40(7,8)9)18-24(35(34)37(43)42(28)36)33-31(22)29(19)30(21)32(23)33/h10-18H,1-9H3. The van der Waals surface area contributed by atoms with E-state index >= 15 is 0 Å². The van der Waals surface area contributed by atoms with Crippen molar-refractivity contribution in [3.63, 3.8) is 0 Å². The molecule has 0 fully saturated rings. The van der Waals surface area contributed by atoms with Crippen molar-refractivity contribution in [3.05, 3.63) is 81.6 Å². The highest BCUT2D eigenvalue weighted by atomic mass is 16.1. The molecular weight excluding hydrogens is 524 g/mol. The van der Waals surface area contributed by atoms with Gasteiger partial charge in [-0.1, -0.05) is 92.6 Å². The maximum Gasteiger partial charge on any atom is 0.265 e. The molecule has 0 unspecified atom stereocenters. The zero-order valence-corrected chi connectivity index (χ0v) is 26.5. The summed E-state index contributed by atoms with van der Waals surface area (Å²) in [5.74, 6) is 0. The highest BCUT2D eigenvalue weighted by Gasteiger charge is 2.32. The summed E-state index contributed by atoms with van der Waals surface area (Å²) in [5.41, 5.74) is 6.26. The molecule has 9 rings (SSSR count). The van der Waals surface area contributed by atoms with Crippen LogP contribution >= 0.6 is 0 Å². The molecule has 0 aliphatic rings. The number of hydrogen-bond donors (Lipinski definition) is 0. The molecule has 0 atom stereocenters. The van der Waals surface area contributed by atoms with Crippen LogP contribution in [-0.4, -0.2) is 9.38 Å². The van der Waals surface area contributed by atoms with E-state index in [1.54, 1.807) is 0 Å². The predicted molar refractivity (Wildman–Crippen MR) is 185 cm³/mol. The average Bonchev–Trinajstić information content (AvgIpc) is 3.57. The lowest BCUT2D eigenvalue weighted by atomic mass is 9.80. The number of nitrogens with zero attached hydrogens (tertiary/aromatic N) is 2. The maximum absolute atomic E-state index is 14.8. The average molecular weight is 561 g/mol. The zero-order chi connectivity index (χ0) is 30.1. The lowest BCUT2D eigenvalue weighted by Gasteiger charge is -2.23. The molecule has 2 heterocycles. The minimum Gasteiger partial charge on any atom is -0.268 e. The van der Waals surface area contributed by atoms with Crippen molar-refractivity contribution in [2.24, 2.45) is 0 Å². The Balaban J connectivity index is 1.64. The van der Waals surface area contributed by atoms with E-state index in [0.717, 1.165) is 38.2 Å². The lowest BCUT2D eigenvalue weighted by molar-refractivity contribution is 0.591. The van der Waals surface area contributed by atoms with Crippen molar-refractivity contribution in [2.45, 2.75) is 78.6 Å². The van der Waals surface area contributed by atoms with Gasteiger partial charge in [0.05, 0.1) is 16.4 Å². The fourth-order valence-electron chi connectivity index (χ4n) is 8.15. The molecule has 0 saturated carbocycles. The van der Waals surface area contributed by atoms with E-state index in [1.165, 1.54) is 59.8 Å². The molecule has 9 aromatic rings. The summed E-state index contributed by atoms with van der Waals surface area (Å²) in [6, 6.07) is 20.4. The van der Waals surface area contributed by atoms with Crippen LogP contribution in [0.5, 0.6) is 0 Å². The summed E-state index contributed by atoms with van der Waals surface area (Å²) >= 11 is 0. The van der Waals surface area contributed by atoms with E-state index in [0.29, 0.717) is 0 Å². The van der Waals surface area contributed by atoms with E-state index < -0.39 is 0 Å². The van der Waals surface area contributed by atoms with Crippen molar-refractivity contribution < 1.29 is 0 Å². The van der Waals surface area contributed by atoms with Gasteiger partial charge >= 0.3 is 0 Å². The summed E-state index contributed by atoms with van der Waals surface area (Å²) in [4.78, 5) is 20.0. The molecule has 0 aliphatic carbocycles. The highest BCUT2D eigenvalue weighted by molar-refractivity contribution is 6.49. The Labute approximate surface area is 250 Å². The van der Waals surface area contributed by atoms with Crippen LogP contribution in [0.3, 0.4) is 0 Å². The van der Waals surface area contributed by atoms with Crippen LogP contribution in [0.1, 0.15) is 79.0 Å². The minimum atomic E-state index is -0.0891. The van der Waals surface area contributed by atoms with Crippen LogP contribution in [0.15, 0.2) is 59.4 Å². The van der Waals surface area contributed by atoms with E-state index in [9.17, 15) is 4.79 Å². The van der Waals surface area contributed by atoms with Crippen LogP contribution in [0.4, 0.5) is 0 Å². The van der Waals surface area contributed by atoms with Crippen molar-refractivity contribution in [1.29, 1.82) is 0 Å². The number of hydrogen-bond acceptors (Lipinski definition) is 2. The molecule has 43 heavy (non-hydrogen) atoms. The van der Waals surface area contributed by atoms with Gasteiger partial charge in [0.25, 0.3) is 5.56 Å². The summed E-state index contributed by atoms with van der Waals surface area (Å²) in [6.07, 6.45) is 0. The SMILES string of the molecule is CC(C)(C)c1ccc2c(c1)nc1c3c4cc(C(C)(C)C)c5ccc6ccc7c(C(C)(C)C)cc(c3c(=O)n21)c1c7c6c5c41. The molecule has 0 amide bonds. The van der Waals surface area contributed by atoms with Crippen LogP contribution in [0.25, 0.3) is 81.3 Å². The second-order valence-electron chi connectivity index (χ2n) is 16.0. The first-order chi connectivity index (χ1) is 20.2. The summed E-state index contributed by atoms with van der Waals surface area (Å²) in [6.45, 7) is 20.4. The Morgan fingerprint density at radius 2 is 1.07 bits per heavy atom. The van der Waals surface area contributed by atoms with Gasteiger partial charge in [0.15, 0.2) is 0 Å². The van der Waals surface area contributed by atoms with Crippen molar-refractivity contribution in [1.82, 2.24) is 9.38 Å². The molecule has 0 saturated heterocycles. The van der Waals surface area contributed by atoms with E-state index in [1.807, 2.05) is 4.40 Å². The number of aromatic nitrogens is 2. The molecule has 0 bridgehead atoms. The van der Waals surface area contributed by atoms with Gasteiger partial charge in [0, 0.05) is 5.39 Å². The van der Waals surface area contributed by atoms with Crippen LogP contribution < -0.4 is 5.56 Å². The molecule has 0 spiro atoms. The van der Waals surface area contributed by atoms with Gasteiger partial charge < -0.3 is 0 Å². The highest BCUT2D eigenvalue weighted by Crippen LogP contribution is 2.54. The first-order valence-electron chi connectivity index (χ1n) is 15.5. The van der Waals surface area contributed by atoms with Gasteiger partial charge in [-0.3, -0.25) is 9.20 Å². The number of rotatable bonds is 0. The van der Waals surface area contributed by atoms with Gasteiger partial charge in [-0.25, -0.2) is 4.98 Å². The molecule has 7 aromatic carbocycles. The van der Waals surface area contributed by atoms with Crippen LogP contribution in [0, 0.1) is 0 Å². The fraction of sp³-hybridized carbons (Fsp3) is 0.300. The van der Waals surface area contributed by atoms with Crippen molar-refractivity contribution >= 4 is 81.3 Å². The third-order valence-electron chi connectivity index (χ3n) is 10.2. The van der Waals surface area contributed by atoms with Crippen molar-refractivity contribution in [2.75, 3.05) is 0 Å². The predicted octanol–water partition coefficient (Wildman–Crippen LogP) is 10.4. The Morgan fingerprint density at radius 1 is 0.535 bits per heavy atom. The third kappa shape index (κ3) is 2.91. The Morgan fingerprint density at radius 3 is 1.60 bits per heavy atom. The fourth-order valence-corrected chi connectivity index (χ4v) is 8.15. The molecule has 212 valence electrons. The Hall–Kier alpha value is -4.24. The van der Waals surface area contributed by atoms with Crippen molar-refractivity contribution in [3.8, 4) is 0 Å². The monoisotopic (exact) mass is 560 g/mol. The molecule has 0 radical (unpaired) electrons. The van der Waals surface area contributed by atoms with Crippen LogP contribution in [0.2, 0.25) is 0 Å². The first kappa shape index (κ1) is 25.3. The molecule has 0 N–H and O–H groups in total. The quantitative estimate of drug-likeness (QED) is 0.173. The minimum absolute atomic E-state index is 0.00176. The smallest absolute Gasteiger partial charge is 0.265 e. The Kier molecular flexibility index (Phi) is 4.28. The van der Waals surface area contributed by atoms with Gasteiger partial charge in [0.2, 0.25) is 0 Å². The Bertz CT molecular complexity index is 2660. The summed E-state index contributed by atoms with van der Waals surface area (Å²) < 4.78 is 1.89. The van der Waals surface area contributed by atoms with Gasteiger partial charge in [-0.2, -0.15) is 0 Å². The molecular formula is C40H36N2O. The molecule has 3 nitrogen and oxygen atoms in total. The topological polar surface area (TPSA) is 34.4 Å². The van der Waals surface area contributed by atoms with Gasteiger partial charge in [0.1, 0.15) is 5.65 Å². The third-order valence-corrected chi connectivity index (χ3v) is 10.2. The maximum atomic E-state index is 14.8. The first-order valence-corrected chi connectivity index (χ1v) is 15.5. The van der Waals surface area contributed by atoms with E-state index in [-0.39, 0.29) is 21.8 Å². The molecule has 3 heteroatoms. The summed E-state index contributed by atoms with van der Waals surface area (Å²) in [7, 11) is 0. The zero-order valence-electron chi connectivity index (χ0n) is 26.5. The second-order valence-corrected chi connectivity index (χ2v) is 16.0. The molecule has 2 aromatic heterocycles. The number of fused-ring (bicyclic) bond motifs is 7. The van der Waals surface area contributed by atoms with E-state index in [4.69, 9.17) is 4.98 Å². The van der Waals surface area contributed by atoms with E-state index in [2.05, 4.69) is 117 Å². The normalized spacial score (nSPS) is 14.3. The van der Waals surface area contributed by atoms with Gasteiger partial charge in [-0.15, -0.1) is 0 Å².